The van der Waals surface area contributed by atoms with Crippen molar-refractivity contribution in [1.82, 2.24) is 16.0 Å². The maximum atomic E-state index is 13.1. The Labute approximate surface area is 221 Å². The van der Waals surface area contributed by atoms with Crippen molar-refractivity contribution in [2.24, 2.45) is 17.4 Å². The number of benzene rings is 1. The molecule has 1 rings (SSSR count). The summed E-state index contributed by atoms with van der Waals surface area (Å²) in [5, 5.41) is 35.2. The topological polar surface area (TPSA) is 234 Å². The normalized spacial score (nSPS) is 14.1. The van der Waals surface area contributed by atoms with Gasteiger partial charge in [0, 0.05) is 0 Å². The van der Waals surface area contributed by atoms with Gasteiger partial charge in [0.05, 0.1) is 12.5 Å². The van der Waals surface area contributed by atoms with Crippen LogP contribution in [0.15, 0.2) is 24.3 Å². The Hall–Kier alpha value is -3.71. The number of carboxylic acid groups (broad SMARTS) is 2. The highest BCUT2D eigenvalue weighted by molar-refractivity contribution is 5.95. The first kappa shape index (κ1) is 32.3. The maximum Gasteiger partial charge on any atom is 0.326 e. The molecule has 0 fully saturated rings. The van der Waals surface area contributed by atoms with E-state index in [1.807, 2.05) is 0 Å². The zero-order valence-corrected chi connectivity index (χ0v) is 21.7. The minimum absolute atomic E-state index is 0.0576. The first-order valence-electron chi connectivity index (χ1n) is 12.4. The summed E-state index contributed by atoms with van der Waals surface area (Å²) in [4.78, 5) is 61.5. The van der Waals surface area contributed by atoms with Gasteiger partial charge in [-0.25, -0.2) is 4.79 Å². The van der Waals surface area contributed by atoms with Crippen LogP contribution in [0, 0.1) is 5.92 Å². The number of hydrogen-bond acceptors (Lipinski definition) is 8. The molecule has 212 valence electrons. The lowest BCUT2D eigenvalue weighted by Crippen LogP contribution is -2.57. The fourth-order valence-corrected chi connectivity index (χ4v) is 3.64. The third-order valence-electron chi connectivity index (χ3n) is 5.64. The lowest BCUT2D eigenvalue weighted by atomic mass is 10.0. The summed E-state index contributed by atoms with van der Waals surface area (Å²) in [5.41, 5.74) is 12.2. The van der Waals surface area contributed by atoms with Gasteiger partial charge in [-0.15, -0.1) is 0 Å². The Morgan fingerprint density at radius 3 is 1.92 bits per heavy atom. The number of carbonyl (C=O) groups excluding carboxylic acids is 3. The van der Waals surface area contributed by atoms with Crippen molar-refractivity contribution in [3.63, 3.8) is 0 Å². The van der Waals surface area contributed by atoms with E-state index in [1.165, 1.54) is 12.1 Å². The molecule has 0 aliphatic carbocycles. The van der Waals surface area contributed by atoms with Crippen molar-refractivity contribution in [1.29, 1.82) is 0 Å². The number of aromatic hydroxyl groups is 1. The number of aliphatic carboxylic acids is 2. The summed E-state index contributed by atoms with van der Waals surface area (Å²) in [6.07, 6.45) is 0.578. The van der Waals surface area contributed by atoms with Crippen LogP contribution in [0.2, 0.25) is 0 Å². The number of hydrogen-bond donors (Lipinski definition) is 8. The van der Waals surface area contributed by atoms with Gasteiger partial charge < -0.3 is 42.7 Å². The Morgan fingerprint density at radius 1 is 0.842 bits per heavy atom. The number of unbranched alkanes of at least 4 members (excludes halogenated alkanes) is 1. The second kappa shape index (κ2) is 16.2. The molecule has 0 radical (unpaired) electrons. The Morgan fingerprint density at radius 2 is 1.39 bits per heavy atom. The van der Waals surface area contributed by atoms with Gasteiger partial charge in [0.15, 0.2) is 0 Å². The van der Waals surface area contributed by atoms with E-state index in [-0.39, 0.29) is 30.9 Å². The smallest absolute Gasteiger partial charge is 0.326 e. The second-order valence-electron chi connectivity index (χ2n) is 9.51. The minimum atomic E-state index is -1.58. The third-order valence-corrected chi connectivity index (χ3v) is 5.64. The van der Waals surface area contributed by atoms with Crippen LogP contribution >= 0.6 is 0 Å². The Kier molecular flexibility index (Phi) is 13.8. The van der Waals surface area contributed by atoms with Gasteiger partial charge in [0.1, 0.15) is 23.9 Å². The average Bonchev–Trinajstić information content (AvgIpc) is 2.83. The van der Waals surface area contributed by atoms with Crippen molar-refractivity contribution in [2.75, 3.05) is 6.54 Å². The quantitative estimate of drug-likeness (QED) is 0.118. The van der Waals surface area contributed by atoms with Crippen molar-refractivity contribution in [2.45, 2.75) is 76.5 Å². The number of phenols is 1. The van der Waals surface area contributed by atoms with E-state index in [0.717, 1.165) is 0 Å². The SMILES string of the molecule is CC(C)CC(NC(=O)C(CC(=O)O)NC(=O)C(CCCCN)NC(=O)C(N)Cc1ccc(O)cc1)C(=O)O. The van der Waals surface area contributed by atoms with Crippen LogP contribution in [0.4, 0.5) is 0 Å². The van der Waals surface area contributed by atoms with Crippen molar-refractivity contribution < 1.29 is 39.3 Å². The monoisotopic (exact) mass is 537 g/mol. The van der Waals surface area contributed by atoms with E-state index in [2.05, 4.69) is 16.0 Å². The zero-order valence-electron chi connectivity index (χ0n) is 21.7. The van der Waals surface area contributed by atoms with Crippen molar-refractivity contribution >= 4 is 29.7 Å². The van der Waals surface area contributed by atoms with Crippen LogP contribution in [-0.2, 0) is 30.4 Å². The van der Waals surface area contributed by atoms with Gasteiger partial charge in [0.2, 0.25) is 17.7 Å². The predicted octanol–water partition coefficient (Wildman–Crippen LogP) is -0.549. The number of phenolic OH excluding ortho intramolecular Hbond substituents is 1. The predicted molar refractivity (Wildman–Crippen MR) is 138 cm³/mol. The third kappa shape index (κ3) is 12.0. The van der Waals surface area contributed by atoms with Gasteiger partial charge in [-0.05, 0) is 62.3 Å². The first-order chi connectivity index (χ1) is 17.8. The molecule has 13 heteroatoms. The lowest BCUT2D eigenvalue weighted by molar-refractivity contribution is -0.144. The fraction of sp³-hybridized carbons (Fsp3) is 0.560. The molecule has 0 spiro atoms. The second-order valence-corrected chi connectivity index (χ2v) is 9.51. The van der Waals surface area contributed by atoms with E-state index in [1.54, 1.807) is 26.0 Å². The number of carboxylic acids is 2. The molecule has 38 heavy (non-hydrogen) atoms. The molecule has 0 bridgehead atoms. The minimum Gasteiger partial charge on any atom is -0.508 e. The highest BCUT2D eigenvalue weighted by atomic mass is 16.4. The molecular weight excluding hydrogens is 498 g/mol. The molecule has 13 nitrogen and oxygen atoms in total. The van der Waals surface area contributed by atoms with Gasteiger partial charge in [-0.1, -0.05) is 26.0 Å². The van der Waals surface area contributed by atoms with Crippen LogP contribution in [0.1, 0.15) is 51.5 Å². The van der Waals surface area contributed by atoms with E-state index in [9.17, 15) is 39.3 Å². The van der Waals surface area contributed by atoms with Crippen LogP contribution in [0.5, 0.6) is 5.75 Å². The molecule has 4 atom stereocenters. The molecule has 3 amide bonds. The first-order valence-corrected chi connectivity index (χ1v) is 12.4. The fourth-order valence-electron chi connectivity index (χ4n) is 3.64. The van der Waals surface area contributed by atoms with Crippen LogP contribution in [0.25, 0.3) is 0 Å². The summed E-state index contributed by atoms with van der Waals surface area (Å²) in [6, 6.07) is 1.09. The summed E-state index contributed by atoms with van der Waals surface area (Å²) in [5.74, 6) is -5.12. The number of amides is 3. The van der Waals surface area contributed by atoms with Crippen LogP contribution < -0.4 is 27.4 Å². The number of nitrogens with one attached hydrogen (secondary N) is 3. The molecule has 4 unspecified atom stereocenters. The van der Waals surface area contributed by atoms with E-state index < -0.39 is 60.2 Å². The number of rotatable bonds is 17. The van der Waals surface area contributed by atoms with Crippen molar-refractivity contribution in [3.05, 3.63) is 29.8 Å². The molecule has 0 saturated heterocycles. The standard InChI is InChI=1S/C25H39N5O8/c1-14(2)11-20(25(37)38)30-24(36)19(13-21(32)33)29-23(35)18(5-3-4-10-26)28-22(34)17(27)12-15-6-8-16(31)9-7-15/h6-9,14,17-20,31H,3-5,10-13,26-27H2,1-2H3,(H,28,34)(H,29,35)(H,30,36)(H,32,33)(H,37,38). The Balaban J connectivity index is 2.98. The number of nitrogens with two attached hydrogens (primary N) is 2. The van der Waals surface area contributed by atoms with E-state index >= 15 is 0 Å². The van der Waals surface area contributed by atoms with Gasteiger partial charge in [0.25, 0.3) is 0 Å². The largest absolute Gasteiger partial charge is 0.508 e. The van der Waals surface area contributed by atoms with E-state index in [4.69, 9.17) is 11.5 Å². The highest BCUT2D eigenvalue weighted by Gasteiger charge is 2.31. The lowest BCUT2D eigenvalue weighted by Gasteiger charge is -2.25. The molecule has 10 N–H and O–H groups in total. The maximum absolute atomic E-state index is 13.1. The Bertz CT molecular complexity index is 954. The molecule has 1 aromatic carbocycles. The summed E-state index contributed by atoms with van der Waals surface area (Å²) in [6.45, 7) is 3.87. The molecule has 0 aliphatic rings. The molecule has 0 aliphatic heterocycles. The van der Waals surface area contributed by atoms with Crippen molar-refractivity contribution in [3.8, 4) is 5.75 Å². The average molecular weight is 538 g/mol. The van der Waals surface area contributed by atoms with Gasteiger partial charge in [-0.3, -0.25) is 19.2 Å². The van der Waals surface area contributed by atoms with Crippen LogP contribution in [0.3, 0.4) is 0 Å². The molecule has 0 saturated carbocycles. The summed E-state index contributed by atoms with van der Waals surface area (Å²) in [7, 11) is 0. The summed E-state index contributed by atoms with van der Waals surface area (Å²) < 4.78 is 0. The number of carbonyl (C=O) groups is 5. The van der Waals surface area contributed by atoms with E-state index in [0.29, 0.717) is 24.9 Å². The summed E-state index contributed by atoms with van der Waals surface area (Å²) >= 11 is 0. The molecular formula is C25H39N5O8. The van der Waals surface area contributed by atoms with Crippen LogP contribution in [-0.4, -0.2) is 75.7 Å². The van der Waals surface area contributed by atoms with Gasteiger partial charge >= 0.3 is 11.9 Å². The molecule has 0 heterocycles. The molecule has 1 aromatic rings. The highest BCUT2D eigenvalue weighted by Crippen LogP contribution is 2.12. The molecule has 0 aromatic heterocycles. The zero-order chi connectivity index (χ0) is 28.8. The van der Waals surface area contributed by atoms with Gasteiger partial charge in [-0.2, -0.15) is 0 Å².